The molecule has 2 nitrogen and oxygen atoms in total. The summed E-state index contributed by atoms with van der Waals surface area (Å²) in [6.45, 7) is 7.13. The lowest BCUT2D eigenvalue weighted by Gasteiger charge is -2.56. The predicted molar refractivity (Wildman–Crippen MR) is 111 cm³/mol. The maximum atomic E-state index is 10.7. The first kappa shape index (κ1) is 20.2. The van der Waals surface area contributed by atoms with Crippen molar-refractivity contribution in [3.05, 3.63) is 0 Å². The molecule has 0 heterocycles. The number of rotatable bonds is 5. The van der Waals surface area contributed by atoms with Gasteiger partial charge in [-0.15, -0.1) is 0 Å². The smallest absolute Gasteiger partial charge is 0.0543 e. The van der Waals surface area contributed by atoms with Gasteiger partial charge in [-0.3, -0.25) is 0 Å². The van der Waals surface area contributed by atoms with Crippen molar-refractivity contribution in [1.29, 1.82) is 0 Å². The van der Waals surface area contributed by atoms with Crippen molar-refractivity contribution in [2.24, 2.45) is 46.8 Å². The first-order valence-electron chi connectivity index (χ1n) is 12.2. The van der Waals surface area contributed by atoms with Crippen LogP contribution in [0, 0.1) is 46.8 Å². The van der Waals surface area contributed by atoms with Gasteiger partial charge in [0.15, 0.2) is 0 Å². The van der Waals surface area contributed by atoms with Crippen LogP contribution in [0.1, 0.15) is 97.8 Å². The number of aliphatic hydroxyl groups is 2. The van der Waals surface area contributed by atoms with Gasteiger partial charge in [0.05, 0.1) is 12.2 Å². The number of hydrogen-bond donors (Lipinski definition) is 2. The van der Waals surface area contributed by atoms with E-state index in [1.807, 2.05) is 0 Å². The highest BCUT2D eigenvalue weighted by atomic mass is 16.3. The molecule has 6 unspecified atom stereocenters. The minimum absolute atomic E-state index is 0.0140. The lowest BCUT2D eigenvalue weighted by Crippen LogP contribution is -2.49. The third-order valence-electron chi connectivity index (χ3n) is 9.76. The summed E-state index contributed by atoms with van der Waals surface area (Å²) in [6.07, 6.45) is 14.9. The van der Waals surface area contributed by atoms with Gasteiger partial charge in [-0.25, -0.2) is 0 Å². The van der Waals surface area contributed by atoms with Crippen molar-refractivity contribution in [3.63, 3.8) is 0 Å². The molecule has 4 rings (SSSR count). The van der Waals surface area contributed by atoms with Crippen molar-refractivity contribution in [3.8, 4) is 0 Å². The predicted octanol–water partition coefficient (Wildman–Crippen LogP) is 5.80. The van der Waals surface area contributed by atoms with Crippen LogP contribution in [0.2, 0.25) is 0 Å². The molecule has 0 spiro atoms. The third kappa shape index (κ3) is 3.87. The Morgan fingerprint density at radius 1 is 0.889 bits per heavy atom. The van der Waals surface area contributed by atoms with Crippen molar-refractivity contribution < 1.29 is 10.2 Å². The second-order valence-electron chi connectivity index (χ2n) is 11.6. The van der Waals surface area contributed by atoms with Crippen molar-refractivity contribution >= 4 is 0 Å². The Morgan fingerprint density at radius 3 is 2.44 bits per heavy atom. The van der Waals surface area contributed by atoms with E-state index < -0.39 is 0 Å². The van der Waals surface area contributed by atoms with Gasteiger partial charge in [-0.05, 0) is 124 Å². The van der Waals surface area contributed by atoms with Crippen LogP contribution >= 0.6 is 0 Å². The first-order chi connectivity index (χ1) is 12.9. The zero-order valence-electron chi connectivity index (χ0n) is 18.1. The van der Waals surface area contributed by atoms with Gasteiger partial charge in [-0.1, -0.05) is 20.8 Å². The fourth-order valence-electron chi connectivity index (χ4n) is 8.30. The monoisotopic (exact) mass is 376 g/mol. The minimum Gasteiger partial charge on any atom is -0.393 e. The fourth-order valence-corrected chi connectivity index (χ4v) is 8.30. The highest BCUT2D eigenvalue weighted by Gasteiger charge is 2.56. The Morgan fingerprint density at radius 2 is 1.67 bits per heavy atom. The Hall–Kier alpha value is -0.0800. The van der Waals surface area contributed by atoms with Crippen LogP contribution in [0.4, 0.5) is 0 Å². The standard InChI is InChI=1S/C25H44O2/c1-16(2)4-7-20(27)15-18-6-11-24-23-9-5-17-14-19(26)8-10-21(17)22(23)12-13-25(18,24)3/h16-24,26-27H,4-15H2,1-3H3/t17?,18?,19-,20?,21?,22?,23+,24?,25+/m0/s1. The van der Waals surface area contributed by atoms with E-state index in [1.54, 1.807) is 0 Å². The molecule has 0 bridgehead atoms. The average molecular weight is 377 g/mol. The van der Waals surface area contributed by atoms with Gasteiger partial charge < -0.3 is 10.2 Å². The molecule has 2 N–H and O–H groups in total. The second-order valence-corrected chi connectivity index (χ2v) is 11.6. The molecule has 0 amide bonds. The van der Waals surface area contributed by atoms with E-state index in [4.69, 9.17) is 0 Å². The summed E-state index contributed by atoms with van der Waals surface area (Å²) in [5.74, 6) is 5.97. The SMILES string of the molecule is CC(C)CCC(O)CC1CCC2[C@@H]3CCC4C[C@@H](O)CCC4C3CC[C@]12C. The van der Waals surface area contributed by atoms with Crippen LogP contribution in [-0.2, 0) is 0 Å². The van der Waals surface area contributed by atoms with Gasteiger partial charge in [0.1, 0.15) is 0 Å². The van der Waals surface area contributed by atoms with E-state index in [0.717, 1.165) is 67.6 Å². The zero-order valence-corrected chi connectivity index (χ0v) is 18.1. The van der Waals surface area contributed by atoms with Crippen molar-refractivity contribution in [2.75, 3.05) is 0 Å². The summed E-state index contributed by atoms with van der Waals surface area (Å²) in [4.78, 5) is 0. The van der Waals surface area contributed by atoms with Crippen LogP contribution < -0.4 is 0 Å². The van der Waals surface area contributed by atoms with E-state index >= 15 is 0 Å². The first-order valence-corrected chi connectivity index (χ1v) is 12.2. The minimum atomic E-state index is -0.0822. The Kier molecular flexibility index (Phi) is 5.97. The lowest BCUT2D eigenvalue weighted by atomic mass is 9.49. The van der Waals surface area contributed by atoms with E-state index in [-0.39, 0.29) is 12.2 Å². The fraction of sp³-hybridized carbons (Fsp3) is 1.00. The molecule has 156 valence electrons. The molecule has 9 atom stereocenters. The summed E-state index contributed by atoms with van der Waals surface area (Å²) in [5, 5.41) is 20.8. The average Bonchev–Trinajstić information content (AvgIpc) is 2.96. The molecule has 0 radical (unpaired) electrons. The van der Waals surface area contributed by atoms with Crippen LogP contribution in [0.25, 0.3) is 0 Å². The van der Waals surface area contributed by atoms with Crippen LogP contribution in [0.5, 0.6) is 0 Å². The van der Waals surface area contributed by atoms with E-state index in [1.165, 1.54) is 44.9 Å². The Bertz CT molecular complexity index is 503. The topological polar surface area (TPSA) is 40.5 Å². The van der Waals surface area contributed by atoms with E-state index in [2.05, 4.69) is 20.8 Å². The van der Waals surface area contributed by atoms with Crippen LogP contribution in [-0.4, -0.2) is 22.4 Å². The summed E-state index contributed by atoms with van der Waals surface area (Å²) < 4.78 is 0. The largest absolute Gasteiger partial charge is 0.393 e. The highest BCUT2D eigenvalue weighted by Crippen LogP contribution is 2.64. The maximum absolute atomic E-state index is 10.7. The molecule has 4 aliphatic carbocycles. The molecule has 4 aliphatic rings. The number of aliphatic hydroxyl groups excluding tert-OH is 2. The molecule has 27 heavy (non-hydrogen) atoms. The van der Waals surface area contributed by atoms with Crippen molar-refractivity contribution in [1.82, 2.24) is 0 Å². The second kappa shape index (κ2) is 7.98. The molecular formula is C25H44O2. The van der Waals surface area contributed by atoms with Gasteiger partial charge in [0, 0.05) is 0 Å². The molecule has 0 aromatic rings. The van der Waals surface area contributed by atoms with Crippen molar-refractivity contribution in [2.45, 2.75) is 110 Å². The molecule has 0 aromatic carbocycles. The zero-order chi connectivity index (χ0) is 19.2. The molecule has 4 saturated carbocycles. The molecule has 0 aromatic heterocycles. The lowest BCUT2D eigenvalue weighted by molar-refractivity contribution is -0.0807. The molecule has 2 heteroatoms. The van der Waals surface area contributed by atoms with E-state index in [0.29, 0.717) is 11.3 Å². The highest BCUT2D eigenvalue weighted by molar-refractivity contribution is 5.06. The molecule has 0 saturated heterocycles. The summed E-state index contributed by atoms with van der Waals surface area (Å²) in [7, 11) is 0. The Balaban J connectivity index is 1.41. The Labute approximate surface area is 167 Å². The van der Waals surface area contributed by atoms with Gasteiger partial charge in [0.2, 0.25) is 0 Å². The van der Waals surface area contributed by atoms with Crippen LogP contribution in [0.3, 0.4) is 0 Å². The summed E-state index contributed by atoms with van der Waals surface area (Å²) in [5.41, 5.74) is 0.487. The van der Waals surface area contributed by atoms with Gasteiger partial charge >= 0.3 is 0 Å². The maximum Gasteiger partial charge on any atom is 0.0543 e. The quantitative estimate of drug-likeness (QED) is 0.636. The molecule has 0 aliphatic heterocycles. The number of hydrogen-bond acceptors (Lipinski definition) is 2. The van der Waals surface area contributed by atoms with Crippen LogP contribution in [0.15, 0.2) is 0 Å². The van der Waals surface area contributed by atoms with Gasteiger partial charge in [-0.2, -0.15) is 0 Å². The third-order valence-corrected chi connectivity index (χ3v) is 9.76. The summed E-state index contributed by atoms with van der Waals surface area (Å²) in [6, 6.07) is 0. The van der Waals surface area contributed by atoms with Gasteiger partial charge in [0.25, 0.3) is 0 Å². The number of fused-ring (bicyclic) bond motifs is 5. The molecule has 4 fully saturated rings. The normalized spacial score (nSPS) is 48.0. The summed E-state index contributed by atoms with van der Waals surface area (Å²) >= 11 is 0. The molecular weight excluding hydrogens is 332 g/mol. The van der Waals surface area contributed by atoms with E-state index in [9.17, 15) is 10.2 Å².